The zero-order valence-electron chi connectivity index (χ0n) is 15.0. The molecule has 0 unspecified atom stereocenters. The number of carbonyl (C=O) groups excluding carboxylic acids is 1. The van der Waals surface area contributed by atoms with Gasteiger partial charge in [-0.15, -0.1) is 0 Å². The zero-order chi connectivity index (χ0) is 18.0. The summed E-state index contributed by atoms with van der Waals surface area (Å²) in [5, 5.41) is 0. The van der Waals surface area contributed by atoms with E-state index >= 15 is 0 Å². The van der Waals surface area contributed by atoms with E-state index in [-0.39, 0.29) is 16.7 Å². The number of rotatable bonds is 3. The van der Waals surface area contributed by atoms with Crippen LogP contribution >= 0.6 is 0 Å². The van der Waals surface area contributed by atoms with Crippen molar-refractivity contribution in [2.24, 2.45) is 0 Å². The largest absolute Gasteiger partial charge is 0.460 e. The van der Waals surface area contributed by atoms with Gasteiger partial charge in [-0.3, -0.25) is 0 Å². The van der Waals surface area contributed by atoms with Crippen LogP contribution in [0.2, 0.25) is 0 Å². The van der Waals surface area contributed by atoms with Crippen molar-refractivity contribution in [2.75, 3.05) is 7.11 Å². The summed E-state index contributed by atoms with van der Waals surface area (Å²) in [4.78, 5) is 14.7. The van der Waals surface area contributed by atoms with Gasteiger partial charge in [0.2, 0.25) is 0 Å². The van der Waals surface area contributed by atoms with Gasteiger partial charge in [-0.2, -0.15) is 4.79 Å². The van der Waals surface area contributed by atoms with Crippen LogP contribution in [0.25, 0.3) is 16.7 Å². The van der Waals surface area contributed by atoms with Crippen molar-refractivity contribution >= 4 is 11.7 Å². The molecule has 0 radical (unpaired) electrons. The highest BCUT2D eigenvalue weighted by molar-refractivity contribution is 6.42. The summed E-state index contributed by atoms with van der Waals surface area (Å²) >= 11 is 0. The highest BCUT2D eigenvalue weighted by Crippen LogP contribution is 2.23. The second-order valence-electron chi connectivity index (χ2n) is 3.49. The maximum Gasteiger partial charge on any atom is 0.422 e. The molecule has 19 heavy (non-hydrogen) atoms. The van der Waals surface area contributed by atoms with Gasteiger partial charge < -0.3 is 10.3 Å². The molecule has 0 heterocycles. The first-order valence-corrected chi connectivity index (χ1v) is 5.32. The third-order valence-electron chi connectivity index (χ3n) is 2.43. The fourth-order valence-electron chi connectivity index (χ4n) is 1.59. The van der Waals surface area contributed by atoms with E-state index in [1.807, 2.05) is 0 Å². The van der Waals surface area contributed by atoms with Gasteiger partial charge >= 0.3 is 11.7 Å². The molecule has 4 nitrogen and oxygen atoms in total. The predicted octanol–water partition coefficient (Wildman–Crippen LogP) is 2.55. The van der Waals surface area contributed by atoms with Crippen LogP contribution in [0.15, 0.2) is 54.5 Å². The van der Waals surface area contributed by atoms with E-state index in [1.54, 1.807) is 12.1 Å². The first-order chi connectivity index (χ1) is 11.3. The van der Waals surface area contributed by atoms with E-state index in [0.29, 0.717) is 0 Å². The molecule has 0 N–H and O–H groups in total. The van der Waals surface area contributed by atoms with Crippen molar-refractivity contribution in [3.05, 3.63) is 65.6 Å². The average Bonchev–Trinajstić information content (AvgIpc) is 2.60. The van der Waals surface area contributed by atoms with Crippen LogP contribution in [0.1, 0.15) is 12.4 Å². The minimum atomic E-state index is -0.919. The van der Waals surface area contributed by atoms with E-state index in [1.165, 1.54) is 12.1 Å². The molecule has 2 rings (SSSR count). The van der Waals surface area contributed by atoms with E-state index in [0.717, 1.165) is 7.11 Å². The summed E-state index contributed by atoms with van der Waals surface area (Å²) in [7, 11) is 1.11. The Morgan fingerprint density at radius 3 is 2.58 bits per heavy atom. The molecule has 2 aromatic rings. The molecule has 2 aromatic carbocycles. The number of hydrogen-bond donors (Lipinski definition) is 0. The van der Waals surface area contributed by atoms with Gasteiger partial charge in [0.05, 0.1) is 19.5 Å². The Morgan fingerprint density at radius 2 is 1.95 bits per heavy atom. The summed E-state index contributed by atoms with van der Waals surface area (Å²) in [5.41, 5.74) is 8.86. The van der Waals surface area contributed by atoms with Crippen molar-refractivity contribution in [1.29, 1.82) is 0 Å². The summed E-state index contributed by atoms with van der Waals surface area (Å²) < 4.78 is 43.7. The first-order valence-electron chi connectivity index (χ1n) is 7.82. The third-order valence-corrected chi connectivity index (χ3v) is 2.43. The summed E-state index contributed by atoms with van der Waals surface area (Å²) in [6, 6.07) is 3.68. The highest BCUT2D eigenvalue weighted by atomic mass is 16.5. The van der Waals surface area contributed by atoms with Crippen molar-refractivity contribution in [2.45, 2.75) is 0 Å². The Morgan fingerprint density at radius 1 is 1.26 bits per heavy atom. The fourth-order valence-corrected chi connectivity index (χ4v) is 1.59. The van der Waals surface area contributed by atoms with Crippen LogP contribution in [-0.2, 0) is 9.53 Å². The quantitative estimate of drug-likeness (QED) is 0.367. The van der Waals surface area contributed by atoms with Gasteiger partial charge in [0.15, 0.2) is 0 Å². The molecule has 0 fully saturated rings. The Balaban J connectivity index is 2.87. The molecule has 94 valence electrons. The van der Waals surface area contributed by atoms with Gasteiger partial charge in [-0.1, -0.05) is 48.4 Å². The number of nitrogens with zero attached hydrogens (tertiary/aromatic N) is 2. The van der Waals surface area contributed by atoms with E-state index in [2.05, 4.69) is 9.53 Å². The Bertz CT molecular complexity index is 863. The van der Waals surface area contributed by atoms with Crippen LogP contribution in [-0.4, -0.2) is 23.6 Å². The predicted molar refractivity (Wildman–Crippen MR) is 71.6 cm³/mol. The Kier molecular flexibility index (Phi) is 2.32. The van der Waals surface area contributed by atoms with Crippen molar-refractivity contribution < 1.29 is 21.2 Å². The van der Waals surface area contributed by atoms with Crippen LogP contribution in [0.3, 0.4) is 0 Å². The molecule has 0 aliphatic rings. The smallest absolute Gasteiger partial charge is 0.422 e. The van der Waals surface area contributed by atoms with Gasteiger partial charge in [0.1, 0.15) is 0 Å². The van der Waals surface area contributed by atoms with E-state index < -0.39 is 41.9 Å². The molecule has 4 heteroatoms. The Hall–Kier alpha value is -2.71. The molecule has 0 bridgehead atoms. The molecule has 0 saturated heterocycles. The Labute approximate surface area is 117 Å². The highest BCUT2D eigenvalue weighted by Gasteiger charge is 2.26. The lowest BCUT2D eigenvalue weighted by atomic mass is 9.97. The zero-order valence-corrected chi connectivity index (χ0v) is 10.0. The fraction of sp³-hybridized carbons (Fsp3) is 0.0667. The number of methoxy groups -OCH3 is 1. The van der Waals surface area contributed by atoms with Gasteiger partial charge in [0, 0.05) is 0 Å². The number of hydrogen-bond acceptors (Lipinski definition) is 2. The SMILES string of the molecule is [2H]c1c([2H])c([2H])c(-c2ccccc2C(=[N+]=[N-])C(=O)OC)c([2H])c1[2H]. The molecule has 0 aliphatic heterocycles. The number of esters is 1. The van der Waals surface area contributed by atoms with Crippen LogP contribution in [0.5, 0.6) is 0 Å². The molecule has 0 aromatic heterocycles. The second-order valence-corrected chi connectivity index (χ2v) is 3.49. The molecule has 0 saturated carbocycles. The lowest BCUT2D eigenvalue weighted by Gasteiger charge is -2.05. The van der Waals surface area contributed by atoms with Crippen LogP contribution < -0.4 is 0 Å². The van der Waals surface area contributed by atoms with E-state index in [4.69, 9.17) is 12.4 Å². The van der Waals surface area contributed by atoms with Crippen molar-refractivity contribution in [3.63, 3.8) is 0 Å². The van der Waals surface area contributed by atoms with Gasteiger partial charge in [0.25, 0.3) is 0 Å². The van der Waals surface area contributed by atoms with Gasteiger partial charge in [-0.25, -0.2) is 4.79 Å². The maximum atomic E-state index is 11.8. The topological polar surface area (TPSA) is 62.7 Å². The standard InChI is InChI=1S/C15H12N2O2/c1-19-15(18)14(17-16)13-10-6-5-9-12(13)11-7-3-2-4-8-11/h2-10H,1H3/i2D,3D,4D,7D,8D. The van der Waals surface area contributed by atoms with Crippen molar-refractivity contribution in [1.82, 2.24) is 0 Å². The average molecular weight is 257 g/mol. The summed E-state index contributed by atoms with van der Waals surface area (Å²) in [5.74, 6) is -0.919. The number of carbonyl (C=O) groups is 1. The molecule has 0 aliphatic carbocycles. The lowest BCUT2D eigenvalue weighted by Crippen LogP contribution is -2.19. The molecular weight excluding hydrogens is 240 g/mol. The number of benzene rings is 2. The first kappa shape index (κ1) is 7.67. The molecular formula is C15H12N2O2. The van der Waals surface area contributed by atoms with Gasteiger partial charge in [-0.05, 0) is 17.2 Å². The van der Waals surface area contributed by atoms with E-state index in [9.17, 15) is 4.79 Å². The normalized spacial score (nSPS) is 13.2. The summed E-state index contributed by atoms with van der Waals surface area (Å²) in [6.45, 7) is 0. The lowest BCUT2D eigenvalue weighted by molar-refractivity contribution is -0.137. The minimum Gasteiger partial charge on any atom is -0.460 e. The molecule has 0 amide bonds. The monoisotopic (exact) mass is 257 g/mol. The number of ether oxygens (including phenoxy) is 1. The minimum absolute atomic E-state index is 0.0883. The summed E-state index contributed by atoms with van der Waals surface area (Å²) in [6.07, 6.45) is 0. The van der Waals surface area contributed by atoms with Crippen LogP contribution in [0, 0.1) is 0 Å². The van der Waals surface area contributed by atoms with Crippen LogP contribution in [0.4, 0.5) is 0 Å². The maximum absolute atomic E-state index is 11.8. The van der Waals surface area contributed by atoms with Crippen molar-refractivity contribution in [3.8, 4) is 11.1 Å². The molecule has 0 spiro atoms. The third kappa shape index (κ3) is 2.59. The molecule has 0 atom stereocenters. The second kappa shape index (κ2) is 5.76.